The van der Waals surface area contributed by atoms with Crippen LogP contribution < -0.4 is 0 Å². The molecule has 0 saturated heterocycles. The highest BCUT2D eigenvalue weighted by Crippen LogP contribution is 2.15. The average Bonchev–Trinajstić information content (AvgIpc) is 3.27. The second-order valence-corrected chi connectivity index (χ2v) is 17.4. The SMILES string of the molecule is CC/C=C\C/C=C\C/C=C\C/C=C\CCCCCCC(=O)OCC(COC(=O)CCCCCCC/C=C\CCCCC)OC(=O)CCCCCCCCCCCCCCCCC. The van der Waals surface area contributed by atoms with Crippen LogP contribution in [0.25, 0.3) is 0 Å². The summed E-state index contributed by atoms with van der Waals surface area (Å²) in [5.41, 5.74) is 0. The van der Waals surface area contributed by atoms with Crippen molar-refractivity contribution < 1.29 is 28.6 Å². The molecule has 0 bridgehead atoms. The van der Waals surface area contributed by atoms with Gasteiger partial charge in [-0.2, -0.15) is 0 Å². The van der Waals surface area contributed by atoms with Gasteiger partial charge in [0.2, 0.25) is 0 Å². The van der Waals surface area contributed by atoms with Crippen molar-refractivity contribution in [2.24, 2.45) is 0 Å². The minimum atomic E-state index is -0.784. The first-order valence-electron chi connectivity index (χ1n) is 26.3. The van der Waals surface area contributed by atoms with Gasteiger partial charge in [0.25, 0.3) is 0 Å². The molecule has 0 rings (SSSR count). The standard InChI is InChI=1S/C56H98O6/c1-4-7-10-13-16-19-22-25-27-28-30-31-34-37-40-43-46-49-55(58)61-52-53(51-60-54(57)48-45-42-39-36-33-24-21-18-15-12-9-6-3)62-56(59)50-47-44-41-38-35-32-29-26-23-20-17-14-11-8-5-2/h7,10,16,18-19,21,25,27,30-31,53H,4-6,8-9,11-15,17,20,22-24,26,28-29,32-52H2,1-3H3/b10-7-,19-16-,21-18-,27-25-,31-30-. The summed E-state index contributed by atoms with van der Waals surface area (Å²) >= 11 is 0. The molecule has 0 radical (unpaired) electrons. The zero-order valence-electron chi connectivity index (χ0n) is 40.9. The Bertz CT molecular complexity index is 1130. The lowest BCUT2D eigenvalue weighted by Crippen LogP contribution is -2.30. The van der Waals surface area contributed by atoms with Crippen molar-refractivity contribution in [2.75, 3.05) is 13.2 Å². The molecule has 1 atom stereocenters. The Labute approximate surface area is 383 Å². The molecule has 62 heavy (non-hydrogen) atoms. The van der Waals surface area contributed by atoms with E-state index in [1.165, 1.54) is 116 Å². The van der Waals surface area contributed by atoms with Gasteiger partial charge in [-0.1, -0.05) is 216 Å². The van der Waals surface area contributed by atoms with Crippen LogP contribution in [-0.4, -0.2) is 37.2 Å². The molecule has 0 fully saturated rings. The van der Waals surface area contributed by atoms with Gasteiger partial charge in [0.15, 0.2) is 6.10 Å². The van der Waals surface area contributed by atoms with Gasteiger partial charge in [0, 0.05) is 19.3 Å². The van der Waals surface area contributed by atoms with Gasteiger partial charge in [-0.25, -0.2) is 0 Å². The van der Waals surface area contributed by atoms with E-state index in [-0.39, 0.29) is 31.1 Å². The number of carbonyl (C=O) groups excluding carboxylic acids is 3. The first-order chi connectivity index (χ1) is 30.5. The first-order valence-corrected chi connectivity index (χ1v) is 26.3. The van der Waals surface area contributed by atoms with Gasteiger partial charge in [-0.3, -0.25) is 14.4 Å². The molecule has 6 heteroatoms. The summed E-state index contributed by atoms with van der Waals surface area (Å²) in [5.74, 6) is -0.911. The summed E-state index contributed by atoms with van der Waals surface area (Å²) in [6, 6.07) is 0. The molecule has 0 aromatic heterocycles. The van der Waals surface area contributed by atoms with Crippen LogP contribution in [0.15, 0.2) is 60.8 Å². The summed E-state index contributed by atoms with van der Waals surface area (Å²) in [4.78, 5) is 38.0. The molecule has 0 aliphatic heterocycles. The number of carbonyl (C=O) groups is 3. The quantitative estimate of drug-likeness (QED) is 0.0262. The van der Waals surface area contributed by atoms with Crippen molar-refractivity contribution in [1.82, 2.24) is 0 Å². The van der Waals surface area contributed by atoms with E-state index in [9.17, 15) is 14.4 Å². The van der Waals surface area contributed by atoms with Gasteiger partial charge < -0.3 is 14.2 Å². The highest BCUT2D eigenvalue weighted by molar-refractivity contribution is 5.71. The summed E-state index contributed by atoms with van der Waals surface area (Å²) in [5, 5.41) is 0. The summed E-state index contributed by atoms with van der Waals surface area (Å²) in [6.45, 7) is 6.49. The topological polar surface area (TPSA) is 78.9 Å². The number of allylic oxidation sites excluding steroid dienone is 10. The van der Waals surface area contributed by atoms with Crippen LogP contribution in [-0.2, 0) is 28.6 Å². The smallest absolute Gasteiger partial charge is 0.306 e. The van der Waals surface area contributed by atoms with Crippen LogP contribution >= 0.6 is 0 Å². The molecule has 358 valence electrons. The fraction of sp³-hybridized carbons (Fsp3) is 0.768. The number of rotatable bonds is 47. The monoisotopic (exact) mass is 867 g/mol. The molecule has 0 amide bonds. The zero-order chi connectivity index (χ0) is 45.1. The highest BCUT2D eigenvalue weighted by Gasteiger charge is 2.19. The van der Waals surface area contributed by atoms with Crippen LogP contribution in [0.3, 0.4) is 0 Å². The number of hydrogen-bond acceptors (Lipinski definition) is 6. The third-order valence-corrected chi connectivity index (χ3v) is 11.3. The van der Waals surface area contributed by atoms with Gasteiger partial charge >= 0.3 is 17.9 Å². The van der Waals surface area contributed by atoms with Crippen molar-refractivity contribution in [3.8, 4) is 0 Å². The summed E-state index contributed by atoms with van der Waals surface area (Å²) in [6.07, 6.45) is 62.0. The molecule has 6 nitrogen and oxygen atoms in total. The van der Waals surface area contributed by atoms with Gasteiger partial charge in [-0.15, -0.1) is 0 Å². The van der Waals surface area contributed by atoms with E-state index in [1.54, 1.807) is 0 Å². The van der Waals surface area contributed by atoms with E-state index in [4.69, 9.17) is 14.2 Å². The van der Waals surface area contributed by atoms with E-state index in [2.05, 4.69) is 81.5 Å². The minimum Gasteiger partial charge on any atom is -0.462 e. The Morgan fingerprint density at radius 3 is 1.03 bits per heavy atom. The average molecular weight is 867 g/mol. The Kier molecular flexibility index (Phi) is 48.4. The lowest BCUT2D eigenvalue weighted by atomic mass is 10.0. The fourth-order valence-electron chi connectivity index (χ4n) is 7.31. The van der Waals surface area contributed by atoms with Crippen molar-refractivity contribution in [1.29, 1.82) is 0 Å². The first kappa shape index (κ1) is 59.1. The number of ether oxygens (including phenoxy) is 3. The Hall–Kier alpha value is -2.89. The van der Waals surface area contributed by atoms with Crippen LogP contribution in [0.2, 0.25) is 0 Å². The van der Waals surface area contributed by atoms with Crippen LogP contribution in [0.4, 0.5) is 0 Å². The summed E-state index contributed by atoms with van der Waals surface area (Å²) < 4.78 is 16.8. The lowest BCUT2D eigenvalue weighted by molar-refractivity contribution is -0.167. The second-order valence-electron chi connectivity index (χ2n) is 17.4. The predicted molar refractivity (Wildman–Crippen MR) is 265 cm³/mol. The second kappa shape index (κ2) is 50.8. The molecule has 0 aliphatic rings. The Morgan fingerprint density at radius 2 is 0.629 bits per heavy atom. The molecule has 0 heterocycles. The molecule has 1 unspecified atom stereocenters. The van der Waals surface area contributed by atoms with E-state index in [0.717, 1.165) is 103 Å². The van der Waals surface area contributed by atoms with Crippen LogP contribution in [0.5, 0.6) is 0 Å². The molecule has 0 aromatic rings. The predicted octanol–water partition coefficient (Wildman–Crippen LogP) is 17.3. The minimum absolute atomic E-state index is 0.0847. The van der Waals surface area contributed by atoms with Crippen molar-refractivity contribution in [3.63, 3.8) is 0 Å². The largest absolute Gasteiger partial charge is 0.462 e. The van der Waals surface area contributed by atoms with Crippen molar-refractivity contribution in [2.45, 2.75) is 264 Å². The van der Waals surface area contributed by atoms with Crippen LogP contribution in [0, 0.1) is 0 Å². The van der Waals surface area contributed by atoms with E-state index in [0.29, 0.717) is 19.3 Å². The fourth-order valence-corrected chi connectivity index (χ4v) is 7.31. The van der Waals surface area contributed by atoms with Crippen molar-refractivity contribution in [3.05, 3.63) is 60.8 Å². The maximum Gasteiger partial charge on any atom is 0.306 e. The maximum absolute atomic E-state index is 12.8. The molecule has 0 saturated carbocycles. The molecule has 0 aliphatic carbocycles. The lowest BCUT2D eigenvalue weighted by Gasteiger charge is -2.18. The van der Waals surface area contributed by atoms with Gasteiger partial charge in [-0.05, 0) is 83.5 Å². The third kappa shape index (κ3) is 48.1. The molecule has 0 spiro atoms. The van der Waals surface area contributed by atoms with E-state index in [1.807, 2.05) is 0 Å². The Balaban J connectivity index is 4.41. The number of esters is 3. The highest BCUT2D eigenvalue weighted by atomic mass is 16.6. The Morgan fingerprint density at radius 1 is 0.339 bits per heavy atom. The number of hydrogen-bond donors (Lipinski definition) is 0. The number of unbranched alkanes of at least 4 members (excludes halogenated alkanes) is 26. The maximum atomic E-state index is 12.8. The molecule has 0 N–H and O–H groups in total. The summed E-state index contributed by atoms with van der Waals surface area (Å²) in [7, 11) is 0. The van der Waals surface area contributed by atoms with Gasteiger partial charge in [0.1, 0.15) is 13.2 Å². The normalized spacial score (nSPS) is 12.5. The van der Waals surface area contributed by atoms with E-state index >= 15 is 0 Å². The zero-order valence-corrected chi connectivity index (χ0v) is 40.9. The third-order valence-electron chi connectivity index (χ3n) is 11.3. The molecular formula is C56H98O6. The van der Waals surface area contributed by atoms with Crippen LogP contribution in [0.1, 0.15) is 258 Å². The van der Waals surface area contributed by atoms with Crippen molar-refractivity contribution >= 4 is 17.9 Å². The van der Waals surface area contributed by atoms with E-state index < -0.39 is 6.10 Å². The molecular weight excluding hydrogens is 769 g/mol. The molecule has 0 aromatic carbocycles. The van der Waals surface area contributed by atoms with Gasteiger partial charge in [0.05, 0.1) is 0 Å².